The first-order chi connectivity index (χ1) is 10.5. The van der Waals surface area contributed by atoms with Crippen molar-refractivity contribution in [3.63, 3.8) is 0 Å². The van der Waals surface area contributed by atoms with Crippen LogP contribution in [0.1, 0.15) is 29.5 Å². The zero-order valence-corrected chi connectivity index (χ0v) is 13.3. The Labute approximate surface area is 130 Å². The van der Waals surface area contributed by atoms with Crippen LogP contribution in [0, 0.1) is 19.3 Å². The van der Waals surface area contributed by atoms with Gasteiger partial charge in [0.1, 0.15) is 5.75 Å². The molecular weight excluding hydrogens is 286 g/mol. The van der Waals surface area contributed by atoms with Crippen molar-refractivity contribution in [1.82, 2.24) is 10.2 Å². The van der Waals surface area contributed by atoms with E-state index in [1.807, 2.05) is 19.9 Å². The lowest BCUT2D eigenvalue weighted by Gasteiger charge is -2.24. The topological polar surface area (TPSA) is 24.5 Å². The van der Waals surface area contributed by atoms with Gasteiger partial charge in [0.15, 0.2) is 0 Å². The molecule has 0 amide bonds. The van der Waals surface area contributed by atoms with Crippen LogP contribution in [0.5, 0.6) is 5.75 Å². The van der Waals surface area contributed by atoms with E-state index in [0.717, 1.165) is 42.9 Å². The van der Waals surface area contributed by atoms with Crippen LogP contribution in [0.3, 0.4) is 0 Å². The van der Waals surface area contributed by atoms with Crippen molar-refractivity contribution in [1.29, 1.82) is 0 Å². The Morgan fingerprint density at radius 2 is 2.05 bits per heavy atom. The highest BCUT2D eigenvalue weighted by Gasteiger charge is 2.40. The maximum atomic E-state index is 12.6. The standard InChI is InChI=1S/C17H24F2N2O/c1-12-7-14(15(8-13(12)2)22-16(18)19)9-21-6-4-17(11-21)3-5-20-10-17/h7-8,16,20H,3-6,9-11H2,1-2H3. The fraction of sp³-hybridized carbons (Fsp3) is 0.647. The predicted molar refractivity (Wildman–Crippen MR) is 82.4 cm³/mol. The van der Waals surface area contributed by atoms with Crippen LogP contribution in [0.4, 0.5) is 8.78 Å². The summed E-state index contributed by atoms with van der Waals surface area (Å²) in [5, 5.41) is 3.44. The second-order valence-electron chi connectivity index (χ2n) is 6.81. The van der Waals surface area contributed by atoms with E-state index in [-0.39, 0.29) is 0 Å². The Kier molecular flexibility index (Phi) is 4.37. The molecule has 2 aliphatic heterocycles. The molecule has 2 saturated heterocycles. The molecule has 5 heteroatoms. The third-order valence-electron chi connectivity index (χ3n) is 5.14. The summed E-state index contributed by atoms with van der Waals surface area (Å²) in [6.07, 6.45) is 2.41. The zero-order valence-electron chi connectivity index (χ0n) is 13.3. The van der Waals surface area contributed by atoms with Crippen molar-refractivity contribution in [2.45, 2.75) is 39.8 Å². The molecule has 1 unspecified atom stereocenters. The van der Waals surface area contributed by atoms with E-state index in [4.69, 9.17) is 4.74 Å². The minimum atomic E-state index is -2.77. The molecule has 1 aromatic carbocycles. The molecule has 2 fully saturated rings. The first kappa shape index (κ1) is 15.7. The quantitative estimate of drug-likeness (QED) is 0.925. The van der Waals surface area contributed by atoms with Gasteiger partial charge in [-0.05, 0) is 62.4 Å². The number of halogens is 2. The second-order valence-corrected chi connectivity index (χ2v) is 6.81. The van der Waals surface area contributed by atoms with Gasteiger partial charge in [0, 0.05) is 25.2 Å². The van der Waals surface area contributed by atoms with E-state index in [2.05, 4.69) is 10.2 Å². The van der Waals surface area contributed by atoms with Gasteiger partial charge in [0.2, 0.25) is 0 Å². The molecule has 1 N–H and O–H groups in total. The highest BCUT2D eigenvalue weighted by atomic mass is 19.3. The first-order valence-electron chi connectivity index (χ1n) is 7.95. The van der Waals surface area contributed by atoms with Gasteiger partial charge in [-0.1, -0.05) is 6.07 Å². The summed E-state index contributed by atoms with van der Waals surface area (Å²) < 4.78 is 30.0. The minimum Gasteiger partial charge on any atom is -0.434 e. The third-order valence-corrected chi connectivity index (χ3v) is 5.14. The molecule has 3 rings (SSSR count). The fourth-order valence-electron chi connectivity index (χ4n) is 3.73. The zero-order chi connectivity index (χ0) is 15.7. The van der Waals surface area contributed by atoms with Crippen LogP contribution in [-0.4, -0.2) is 37.7 Å². The molecule has 0 aliphatic carbocycles. The van der Waals surface area contributed by atoms with Crippen molar-refractivity contribution in [3.8, 4) is 5.75 Å². The van der Waals surface area contributed by atoms with Crippen LogP contribution < -0.4 is 10.1 Å². The third kappa shape index (κ3) is 3.25. The van der Waals surface area contributed by atoms with Crippen LogP contribution in [0.15, 0.2) is 12.1 Å². The summed E-state index contributed by atoms with van der Waals surface area (Å²) >= 11 is 0. The minimum absolute atomic E-state index is 0.323. The van der Waals surface area contributed by atoms with Crippen LogP contribution in [-0.2, 0) is 6.54 Å². The highest BCUT2D eigenvalue weighted by molar-refractivity contribution is 5.42. The summed E-state index contributed by atoms with van der Waals surface area (Å²) in [6, 6.07) is 3.73. The van der Waals surface area contributed by atoms with E-state index in [0.29, 0.717) is 17.7 Å². The number of hydrogen-bond donors (Lipinski definition) is 1. The van der Waals surface area contributed by atoms with Crippen molar-refractivity contribution in [3.05, 3.63) is 28.8 Å². The van der Waals surface area contributed by atoms with E-state index >= 15 is 0 Å². The van der Waals surface area contributed by atoms with E-state index < -0.39 is 6.61 Å². The Bertz CT molecular complexity index is 542. The molecule has 1 aromatic rings. The highest BCUT2D eigenvalue weighted by Crippen LogP contribution is 2.37. The molecule has 122 valence electrons. The lowest BCUT2D eigenvalue weighted by Crippen LogP contribution is -2.29. The molecule has 2 aliphatic rings. The maximum Gasteiger partial charge on any atom is 0.387 e. The Hall–Kier alpha value is -1.20. The van der Waals surface area contributed by atoms with Crippen molar-refractivity contribution < 1.29 is 13.5 Å². The van der Waals surface area contributed by atoms with E-state index in [1.54, 1.807) is 6.07 Å². The molecule has 0 bridgehead atoms. The van der Waals surface area contributed by atoms with Crippen LogP contribution in [0.2, 0.25) is 0 Å². The smallest absolute Gasteiger partial charge is 0.387 e. The number of aryl methyl sites for hydroxylation is 2. The van der Waals surface area contributed by atoms with E-state index in [1.165, 1.54) is 12.8 Å². The number of rotatable bonds is 4. The van der Waals surface area contributed by atoms with Crippen LogP contribution in [0.25, 0.3) is 0 Å². The molecular formula is C17H24F2N2O. The molecule has 0 aromatic heterocycles. The summed E-state index contributed by atoms with van der Waals surface area (Å²) in [5.41, 5.74) is 3.36. The average Bonchev–Trinajstić information content (AvgIpc) is 3.06. The summed E-state index contributed by atoms with van der Waals surface area (Å²) in [6.45, 7) is 6.09. The monoisotopic (exact) mass is 310 g/mol. The second kappa shape index (κ2) is 6.13. The number of likely N-dealkylation sites (tertiary alicyclic amines) is 1. The Morgan fingerprint density at radius 3 is 2.73 bits per heavy atom. The SMILES string of the molecule is Cc1cc(CN2CCC3(CCNC3)C2)c(OC(F)F)cc1C. The molecule has 0 saturated carbocycles. The Morgan fingerprint density at radius 1 is 1.27 bits per heavy atom. The number of alkyl halides is 2. The number of benzene rings is 1. The number of nitrogens with one attached hydrogen (secondary N) is 1. The molecule has 22 heavy (non-hydrogen) atoms. The lowest BCUT2D eigenvalue weighted by atomic mass is 9.86. The summed E-state index contributed by atoms with van der Waals surface area (Å²) in [5.74, 6) is 0.323. The van der Waals surface area contributed by atoms with Crippen molar-refractivity contribution in [2.24, 2.45) is 5.41 Å². The normalized spacial score (nSPS) is 25.5. The average molecular weight is 310 g/mol. The number of hydrogen-bond acceptors (Lipinski definition) is 3. The summed E-state index contributed by atoms with van der Waals surface area (Å²) in [7, 11) is 0. The molecule has 1 spiro atoms. The van der Waals surface area contributed by atoms with Gasteiger partial charge in [0.05, 0.1) is 0 Å². The first-order valence-corrected chi connectivity index (χ1v) is 7.95. The molecule has 3 nitrogen and oxygen atoms in total. The van der Waals surface area contributed by atoms with Crippen molar-refractivity contribution in [2.75, 3.05) is 26.2 Å². The molecule has 2 heterocycles. The summed E-state index contributed by atoms with van der Waals surface area (Å²) in [4.78, 5) is 2.37. The van der Waals surface area contributed by atoms with Gasteiger partial charge >= 0.3 is 6.61 Å². The number of nitrogens with zero attached hydrogens (tertiary/aromatic N) is 1. The van der Waals surface area contributed by atoms with Gasteiger partial charge in [0.25, 0.3) is 0 Å². The van der Waals surface area contributed by atoms with Gasteiger partial charge in [-0.2, -0.15) is 8.78 Å². The van der Waals surface area contributed by atoms with Crippen molar-refractivity contribution >= 4 is 0 Å². The van der Waals surface area contributed by atoms with E-state index in [9.17, 15) is 8.78 Å². The lowest BCUT2D eigenvalue weighted by molar-refractivity contribution is -0.0507. The van der Waals surface area contributed by atoms with Crippen LogP contribution >= 0.6 is 0 Å². The van der Waals surface area contributed by atoms with Gasteiger partial charge in [-0.25, -0.2) is 0 Å². The number of ether oxygens (including phenoxy) is 1. The largest absolute Gasteiger partial charge is 0.434 e. The maximum absolute atomic E-state index is 12.6. The van der Waals surface area contributed by atoms with Gasteiger partial charge in [-0.15, -0.1) is 0 Å². The molecule has 0 radical (unpaired) electrons. The fourth-order valence-corrected chi connectivity index (χ4v) is 3.73. The van der Waals surface area contributed by atoms with Gasteiger partial charge < -0.3 is 10.1 Å². The molecule has 1 atom stereocenters. The van der Waals surface area contributed by atoms with Gasteiger partial charge in [-0.3, -0.25) is 4.90 Å². The Balaban J connectivity index is 1.75. The predicted octanol–water partition coefficient (Wildman–Crippen LogP) is 3.09.